The van der Waals surface area contributed by atoms with Crippen LogP contribution >= 0.6 is 0 Å². The second kappa shape index (κ2) is 8.17. The van der Waals surface area contributed by atoms with Crippen LogP contribution in [0.2, 0.25) is 0 Å². The van der Waals surface area contributed by atoms with Crippen LogP contribution in [0.25, 0.3) is 0 Å². The average molecular weight is 424 g/mol. The molecule has 11 heteroatoms. The highest BCUT2D eigenvalue weighted by Gasteiger charge is 2.31. The first-order valence-electron chi connectivity index (χ1n) is 9.60. The number of nitrogens with zero attached hydrogens (tertiary/aromatic N) is 3. The maximum absolute atomic E-state index is 13.0. The van der Waals surface area contributed by atoms with E-state index in [9.17, 15) is 18.0 Å². The number of ether oxygens (including phenoxy) is 2. The minimum Gasteiger partial charge on any atom is -0.486 e. The van der Waals surface area contributed by atoms with Crippen molar-refractivity contribution in [2.75, 3.05) is 65.6 Å². The SMILES string of the molecule is O=C1CN(C(=O)CN2CCN(S(=O)(=O)c3ccc4c(c3)OCCO4)CC2)CCN1. The summed E-state index contributed by atoms with van der Waals surface area (Å²) in [6.45, 7) is 3.57. The van der Waals surface area contributed by atoms with Crippen molar-refractivity contribution < 1.29 is 27.5 Å². The number of piperazine rings is 2. The summed E-state index contributed by atoms with van der Waals surface area (Å²) in [4.78, 5) is 27.5. The van der Waals surface area contributed by atoms with Crippen LogP contribution in [-0.2, 0) is 19.6 Å². The van der Waals surface area contributed by atoms with Crippen molar-refractivity contribution in [1.82, 2.24) is 19.4 Å². The van der Waals surface area contributed by atoms with Gasteiger partial charge in [0.05, 0.1) is 18.0 Å². The molecule has 1 aromatic carbocycles. The zero-order chi connectivity index (χ0) is 20.4. The number of amides is 2. The zero-order valence-corrected chi connectivity index (χ0v) is 16.8. The van der Waals surface area contributed by atoms with E-state index in [1.165, 1.54) is 21.3 Å². The van der Waals surface area contributed by atoms with Gasteiger partial charge >= 0.3 is 0 Å². The third-order valence-electron chi connectivity index (χ3n) is 5.23. The Labute approximate surface area is 169 Å². The molecule has 3 aliphatic heterocycles. The summed E-state index contributed by atoms with van der Waals surface area (Å²) in [6.07, 6.45) is 0. The Kier molecular flexibility index (Phi) is 5.61. The van der Waals surface area contributed by atoms with E-state index >= 15 is 0 Å². The molecular formula is C18H24N4O6S. The highest BCUT2D eigenvalue weighted by atomic mass is 32.2. The van der Waals surface area contributed by atoms with Crippen molar-refractivity contribution in [3.8, 4) is 11.5 Å². The van der Waals surface area contributed by atoms with Crippen LogP contribution in [0.15, 0.2) is 23.1 Å². The van der Waals surface area contributed by atoms with Crippen LogP contribution in [0.3, 0.4) is 0 Å². The molecule has 29 heavy (non-hydrogen) atoms. The number of carbonyl (C=O) groups excluding carboxylic acids is 2. The monoisotopic (exact) mass is 424 g/mol. The zero-order valence-electron chi connectivity index (χ0n) is 16.0. The number of benzene rings is 1. The van der Waals surface area contributed by atoms with Gasteiger partial charge in [-0.05, 0) is 12.1 Å². The fraction of sp³-hybridized carbons (Fsp3) is 0.556. The van der Waals surface area contributed by atoms with Crippen LogP contribution in [0.1, 0.15) is 0 Å². The van der Waals surface area contributed by atoms with Crippen molar-refractivity contribution in [3.63, 3.8) is 0 Å². The van der Waals surface area contributed by atoms with Gasteiger partial charge in [0, 0.05) is 45.3 Å². The van der Waals surface area contributed by atoms with E-state index < -0.39 is 10.0 Å². The van der Waals surface area contributed by atoms with Crippen molar-refractivity contribution in [3.05, 3.63) is 18.2 Å². The third-order valence-corrected chi connectivity index (χ3v) is 7.13. The Bertz CT molecular complexity index is 898. The molecule has 0 spiro atoms. The smallest absolute Gasteiger partial charge is 0.243 e. The maximum atomic E-state index is 13.0. The summed E-state index contributed by atoms with van der Waals surface area (Å²) in [6, 6.07) is 4.65. The Morgan fingerprint density at radius 3 is 2.48 bits per heavy atom. The van der Waals surface area contributed by atoms with Gasteiger partial charge in [-0.15, -0.1) is 0 Å². The average Bonchev–Trinajstić information content (AvgIpc) is 2.74. The van der Waals surface area contributed by atoms with Crippen LogP contribution < -0.4 is 14.8 Å². The Balaban J connectivity index is 1.35. The molecule has 1 N–H and O–H groups in total. The van der Waals surface area contributed by atoms with E-state index in [2.05, 4.69) is 5.32 Å². The number of carbonyl (C=O) groups is 2. The molecule has 0 atom stereocenters. The lowest BCUT2D eigenvalue weighted by atomic mass is 10.3. The van der Waals surface area contributed by atoms with Gasteiger partial charge in [0.25, 0.3) is 0 Å². The molecule has 3 aliphatic rings. The number of fused-ring (bicyclic) bond motifs is 1. The lowest BCUT2D eigenvalue weighted by Crippen LogP contribution is -2.55. The highest BCUT2D eigenvalue weighted by molar-refractivity contribution is 7.89. The lowest BCUT2D eigenvalue weighted by molar-refractivity contribution is -0.139. The van der Waals surface area contributed by atoms with Gasteiger partial charge in [-0.3, -0.25) is 14.5 Å². The molecule has 4 rings (SSSR count). The Morgan fingerprint density at radius 2 is 1.76 bits per heavy atom. The van der Waals surface area contributed by atoms with Crippen LogP contribution in [-0.4, -0.2) is 99.9 Å². The summed E-state index contributed by atoms with van der Waals surface area (Å²) in [5, 5.41) is 2.69. The number of nitrogens with one attached hydrogen (secondary N) is 1. The van der Waals surface area contributed by atoms with Crippen molar-refractivity contribution in [2.45, 2.75) is 4.90 Å². The van der Waals surface area contributed by atoms with E-state index in [4.69, 9.17) is 9.47 Å². The second-order valence-corrected chi connectivity index (χ2v) is 9.09. The first-order valence-corrected chi connectivity index (χ1v) is 11.0. The summed E-state index contributed by atoms with van der Waals surface area (Å²) >= 11 is 0. The Hall–Kier alpha value is -2.37. The van der Waals surface area contributed by atoms with Crippen molar-refractivity contribution in [2.24, 2.45) is 0 Å². The van der Waals surface area contributed by atoms with Gasteiger partial charge in [0.1, 0.15) is 13.2 Å². The third kappa shape index (κ3) is 4.31. The van der Waals surface area contributed by atoms with E-state index in [1.54, 1.807) is 6.07 Å². The fourth-order valence-corrected chi connectivity index (χ4v) is 5.04. The first kappa shape index (κ1) is 19.9. The van der Waals surface area contributed by atoms with E-state index in [-0.39, 0.29) is 29.8 Å². The summed E-state index contributed by atoms with van der Waals surface area (Å²) in [7, 11) is -3.65. The van der Waals surface area contributed by atoms with E-state index in [0.29, 0.717) is 64.0 Å². The van der Waals surface area contributed by atoms with Crippen molar-refractivity contribution >= 4 is 21.8 Å². The standard InChI is InChI=1S/C18H24N4O6S/c23-17-12-21(4-3-19-17)18(24)13-20-5-7-22(8-6-20)29(25,26)14-1-2-15-16(11-14)28-10-9-27-15/h1-2,11H,3-10,12-13H2,(H,19,23). The predicted molar refractivity (Wildman–Crippen MR) is 102 cm³/mol. The molecule has 0 radical (unpaired) electrons. The van der Waals surface area contributed by atoms with Gasteiger partial charge < -0.3 is 19.7 Å². The van der Waals surface area contributed by atoms with Gasteiger partial charge in [0.2, 0.25) is 21.8 Å². The fourth-order valence-electron chi connectivity index (χ4n) is 3.60. The molecule has 1 aromatic rings. The van der Waals surface area contributed by atoms with Crippen LogP contribution in [0.5, 0.6) is 11.5 Å². The molecule has 2 amide bonds. The largest absolute Gasteiger partial charge is 0.486 e. The normalized spacial score (nSPS) is 21.0. The van der Waals surface area contributed by atoms with Crippen LogP contribution in [0.4, 0.5) is 0 Å². The van der Waals surface area contributed by atoms with Gasteiger partial charge in [-0.1, -0.05) is 0 Å². The van der Waals surface area contributed by atoms with Crippen molar-refractivity contribution in [1.29, 1.82) is 0 Å². The molecule has 0 bridgehead atoms. The summed E-state index contributed by atoms with van der Waals surface area (Å²) in [5.74, 6) is 0.722. The topological polar surface area (TPSA) is 108 Å². The molecule has 0 aliphatic carbocycles. The molecule has 10 nitrogen and oxygen atoms in total. The highest BCUT2D eigenvalue weighted by Crippen LogP contribution is 2.33. The molecule has 3 heterocycles. The van der Waals surface area contributed by atoms with Crippen LogP contribution in [0, 0.1) is 0 Å². The second-order valence-electron chi connectivity index (χ2n) is 7.15. The minimum absolute atomic E-state index is 0.0806. The molecule has 2 fully saturated rings. The quantitative estimate of drug-likeness (QED) is 0.642. The maximum Gasteiger partial charge on any atom is 0.243 e. The molecule has 158 valence electrons. The van der Waals surface area contributed by atoms with E-state index in [1.807, 2.05) is 4.90 Å². The lowest BCUT2D eigenvalue weighted by Gasteiger charge is -2.35. The van der Waals surface area contributed by atoms with E-state index in [0.717, 1.165) is 0 Å². The number of hydrogen-bond donors (Lipinski definition) is 1. The number of rotatable bonds is 4. The molecule has 0 unspecified atom stereocenters. The predicted octanol–water partition coefficient (Wildman–Crippen LogP) is -1.28. The molecule has 0 saturated carbocycles. The van der Waals surface area contributed by atoms with Gasteiger partial charge in [0.15, 0.2) is 11.5 Å². The van der Waals surface area contributed by atoms with Gasteiger partial charge in [-0.25, -0.2) is 8.42 Å². The number of hydrogen-bond acceptors (Lipinski definition) is 7. The summed E-state index contributed by atoms with van der Waals surface area (Å²) < 4.78 is 38.3. The molecule has 2 saturated heterocycles. The number of sulfonamides is 1. The molecular weight excluding hydrogens is 400 g/mol. The first-order chi connectivity index (χ1) is 13.9. The summed E-state index contributed by atoms with van der Waals surface area (Å²) in [5.41, 5.74) is 0. The minimum atomic E-state index is -3.65. The molecule has 0 aromatic heterocycles. The van der Waals surface area contributed by atoms with Gasteiger partial charge in [-0.2, -0.15) is 4.31 Å². The Morgan fingerprint density at radius 1 is 1.03 bits per heavy atom.